The Balaban J connectivity index is 2.81. The number of guanidine groups is 1. The van der Waals surface area contributed by atoms with Crippen LogP contribution in [0.3, 0.4) is 0 Å². The van der Waals surface area contributed by atoms with Gasteiger partial charge in [-0.3, -0.25) is 9.79 Å². The van der Waals surface area contributed by atoms with Crippen LogP contribution in [0, 0.1) is 0 Å². The molecule has 4 nitrogen and oxygen atoms in total. The van der Waals surface area contributed by atoms with Crippen LogP contribution in [0.5, 0.6) is 0 Å². The highest BCUT2D eigenvalue weighted by Gasteiger charge is 2.04. The first kappa shape index (κ1) is 15.2. The summed E-state index contributed by atoms with van der Waals surface area (Å²) >= 11 is 0. The van der Waals surface area contributed by atoms with Gasteiger partial charge in [-0.2, -0.15) is 0 Å². The van der Waals surface area contributed by atoms with Crippen LogP contribution in [0.25, 0.3) is 0 Å². The van der Waals surface area contributed by atoms with Crippen molar-refractivity contribution in [2.75, 3.05) is 5.32 Å². The van der Waals surface area contributed by atoms with Gasteiger partial charge in [-0.1, -0.05) is 0 Å². The van der Waals surface area contributed by atoms with Crippen molar-refractivity contribution in [2.24, 2.45) is 4.99 Å². The molecule has 0 aliphatic carbocycles. The lowest BCUT2D eigenvalue weighted by Gasteiger charge is -2.16. The SMILES string of the molecule is CC(=O)c1ccc(NC(=NC(C)C)NC(C)C)cc1. The van der Waals surface area contributed by atoms with Crippen LogP contribution in [0.15, 0.2) is 29.3 Å². The molecule has 1 aromatic carbocycles. The molecule has 0 spiro atoms. The third kappa shape index (κ3) is 5.55. The molecule has 0 aliphatic heterocycles. The van der Waals surface area contributed by atoms with Crippen LogP contribution < -0.4 is 10.6 Å². The van der Waals surface area contributed by atoms with E-state index in [9.17, 15) is 4.79 Å². The molecule has 0 radical (unpaired) electrons. The molecule has 0 saturated heterocycles. The van der Waals surface area contributed by atoms with Crippen molar-refractivity contribution >= 4 is 17.4 Å². The van der Waals surface area contributed by atoms with Gasteiger partial charge in [0.05, 0.1) is 0 Å². The summed E-state index contributed by atoms with van der Waals surface area (Å²) < 4.78 is 0. The Morgan fingerprint density at radius 3 is 2.11 bits per heavy atom. The molecule has 104 valence electrons. The Bertz CT molecular complexity index is 447. The summed E-state index contributed by atoms with van der Waals surface area (Å²) in [7, 11) is 0. The lowest BCUT2D eigenvalue weighted by Crippen LogP contribution is -2.36. The number of hydrogen-bond donors (Lipinski definition) is 2. The minimum absolute atomic E-state index is 0.0722. The lowest BCUT2D eigenvalue weighted by atomic mass is 10.1. The van der Waals surface area contributed by atoms with Crippen LogP contribution in [-0.2, 0) is 0 Å². The highest BCUT2D eigenvalue weighted by Crippen LogP contribution is 2.10. The quantitative estimate of drug-likeness (QED) is 0.497. The van der Waals surface area contributed by atoms with Gasteiger partial charge in [0.25, 0.3) is 0 Å². The topological polar surface area (TPSA) is 53.5 Å². The van der Waals surface area contributed by atoms with Gasteiger partial charge in [0, 0.05) is 23.3 Å². The summed E-state index contributed by atoms with van der Waals surface area (Å²) in [4.78, 5) is 15.7. The highest BCUT2D eigenvalue weighted by atomic mass is 16.1. The summed E-state index contributed by atoms with van der Waals surface area (Å²) in [5.74, 6) is 0.823. The van der Waals surface area contributed by atoms with Crippen molar-refractivity contribution in [3.05, 3.63) is 29.8 Å². The Morgan fingerprint density at radius 2 is 1.68 bits per heavy atom. The van der Waals surface area contributed by atoms with Gasteiger partial charge in [-0.05, 0) is 58.9 Å². The maximum absolute atomic E-state index is 11.2. The van der Waals surface area contributed by atoms with Crippen molar-refractivity contribution < 1.29 is 4.79 Å². The minimum Gasteiger partial charge on any atom is -0.354 e. The van der Waals surface area contributed by atoms with E-state index in [0.29, 0.717) is 11.6 Å². The lowest BCUT2D eigenvalue weighted by molar-refractivity contribution is 0.101. The van der Waals surface area contributed by atoms with E-state index in [-0.39, 0.29) is 11.8 Å². The standard InChI is InChI=1S/C15H23N3O/c1-10(2)16-15(17-11(3)4)18-14-8-6-13(7-9-14)12(5)19/h6-11H,1-5H3,(H2,16,17,18). The second-order valence-corrected chi connectivity index (χ2v) is 5.13. The van der Waals surface area contributed by atoms with Gasteiger partial charge in [-0.25, -0.2) is 0 Å². The number of carbonyl (C=O) groups is 1. The van der Waals surface area contributed by atoms with Gasteiger partial charge in [0.15, 0.2) is 11.7 Å². The summed E-state index contributed by atoms with van der Waals surface area (Å²) in [5, 5.41) is 6.50. The minimum atomic E-state index is 0.0722. The largest absolute Gasteiger partial charge is 0.354 e. The van der Waals surface area contributed by atoms with E-state index in [2.05, 4.69) is 29.5 Å². The first-order valence-electron chi connectivity index (χ1n) is 6.61. The number of rotatable bonds is 4. The second kappa shape index (κ2) is 6.92. The summed E-state index contributed by atoms with van der Waals surface area (Å²) in [6, 6.07) is 7.91. The van der Waals surface area contributed by atoms with Crippen LogP contribution >= 0.6 is 0 Å². The number of Topliss-reactive ketones (excluding diaryl/α,β-unsaturated/α-hetero) is 1. The number of nitrogens with zero attached hydrogens (tertiary/aromatic N) is 1. The molecule has 4 heteroatoms. The molecule has 1 rings (SSSR count). The molecule has 0 unspecified atom stereocenters. The van der Waals surface area contributed by atoms with E-state index in [4.69, 9.17) is 0 Å². The maximum atomic E-state index is 11.2. The first-order valence-corrected chi connectivity index (χ1v) is 6.61. The zero-order chi connectivity index (χ0) is 14.4. The fourth-order valence-electron chi connectivity index (χ4n) is 1.56. The molecule has 0 bridgehead atoms. The van der Waals surface area contributed by atoms with Gasteiger partial charge >= 0.3 is 0 Å². The van der Waals surface area contributed by atoms with Gasteiger partial charge in [0.2, 0.25) is 0 Å². The van der Waals surface area contributed by atoms with Crippen LogP contribution in [-0.4, -0.2) is 23.8 Å². The average molecular weight is 261 g/mol. The average Bonchev–Trinajstić information content (AvgIpc) is 2.27. The van der Waals surface area contributed by atoms with Gasteiger partial charge in [0.1, 0.15) is 0 Å². The fraction of sp³-hybridized carbons (Fsp3) is 0.467. The number of nitrogens with one attached hydrogen (secondary N) is 2. The zero-order valence-electron chi connectivity index (χ0n) is 12.3. The Morgan fingerprint density at radius 1 is 1.11 bits per heavy atom. The molecule has 0 atom stereocenters. The van der Waals surface area contributed by atoms with E-state index in [1.165, 1.54) is 0 Å². The third-order valence-corrected chi connectivity index (χ3v) is 2.37. The third-order valence-electron chi connectivity index (χ3n) is 2.37. The Labute approximate surface area is 115 Å². The molecule has 0 amide bonds. The molecule has 19 heavy (non-hydrogen) atoms. The second-order valence-electron chi connectivity index (χ2n) is 5.13. The Hall–Kier alpha value is -1.84. The van der Waals surface area contributed by atoms with E-state index >= 15 is 0 Å². The number of ketones is 1. The van der Waals surface area contributed by atoms with Crippen LogP contribution in [0.1, 0.15) is 45.0 Å². The Kier molecular flexibility index (Phi) is 5.55. The van der Waals surface area contributed by atoms with Crippen LogP contribution in [0.2, 0.25) is 0 Å². The zero-order valence-corrected chi connectivity index (χ0v) is 12.3. The van der Waals surface area contributed by atoms with E-state index in [1.807, 2.05) is 38.1 Å². The van der Waals surface area contributed by atoms with E-state index < -0.39 is 0 Å². The monoisotopic (exact) mass is 261 g/mol. The summed E-state index contributed by atoms with van der Waals surface area (Å²) in [5.41, 5.74) is 1.63. The van der Waals surface area contributed by atoms with Gasteiger partial charge < -0.3 is 10.6 Å². The number of hydrogen-bond acceptors (Lipinski definition) is 2. The number of benzene rings is 1. The first-order chi connectivity index (χ1) is 8.88. The molecule has 0 saturated carbocycles. The number of aliphatic imine (C=N–C) groups is 1. The maximum Gasteiger partial charge on any atom is 0.196 e. The van der Waals surface area contributed by atoms with E-state index in [0.717, 1.165) is 11.6 Å². The molecule has 2 N–H and O–H groups in total. The van der Waals surface area contributed by atoms with Crippen LogP contribution in [0.4, 0.5) is 5.69 Å². The molecule has 1 aromatic rings. The molecular formula is C15H23N3O. The smallest absolute Gasteiger partial charge is 0.196 e. The molecular weight excluding hydrogens is 238 g/mol. The predicted molar refractivity (Wildman–Crippen MR) is 80.9 cm³/mol. The van der Waals surface area contributed by atoms with Crippen molar-refractivity contribution in [2.45, 2.75) is 46.7 Å². The van der Waals surface area contributed by atoms with Crippen molar-refractivity contribution in [1.29, 1.82) is 0 Å². The van der Waals surface area contributed by atoms with Crippen molar-refractivity contribution in [3.63, 3.8) is 0 Å². The fourth-order valence-corrected chi connectivity index (χ4v) is 1.56. The highest BCUT2D eigenvalue weighted by molar-refractivity contribution is 5.96. The number of carbonyl (C=O) groups excluding carboxylic acids is 1. The van der Waals surface area contributed by atoms with Crippen molar-refractivity contribution in [1.82, 2.24) is 5.32 Å². The normalized spacial score (nSPS) is 11.8. The summed E-state index contributed by atoms with van der Waals surface area (Å²) in [6.45, 7) is 9.76. The molecule has 0 aliphatic rings. The molecule has 0 heterocycles. The summed E-state index contributed by atoms with van der Waals surface area (Å²) in [6.07, 6.45) is 0. The van der Waals surface area contributed by atoms with Gasteiger partial charge in [-0.15, -0.1) is 0 Å². The van der Waals surface area contributed by atoms with Crippen molar-refractivity contribution in [3.8, 4) is 0 Å². The van der Waals surface area contributed by atoms with E-state index in [1.54, 1.807) is 6.92 Å². The molecule has 0 aromatic heterocycles. The number of anilines is 1. The predicted octanol–water partition coefficient (Wildman–Crippen LogP) is 3.06. The molecule has 0 fully saturated rings.